The molecule has 1 amide bonds. The first-order valence-corrected chi connectivity index (χ1v) is 10.1. The van der Waals surface area contributed by atoms with Crippen LogP contribution in [0.4, 0.5) is 5.82 Å². The Kier molecular flexibility index (Phi) is 7.04. The fourth-order valence-corrected chi connectivity index (χ4v) is 3.90. The number of pyridine rings is 1. The highest BCUT2D eigenvalue weighted by Gasteiger charge is 2.25. The lowest BCUT2D eigenvalue weighted by Gasteiger charge is -2.32. The normalized spacial score (nSPS) is 19.8. The van der Waals surface area contributed by atoms with Crippen molar-refractivity contribution in [2.75, 3.05) is 38.0 Å². The van der Waals surface area contributed by atoms with Gasteiger partial charge in [0, 0.05) is 25.3 Å². The van der Waals surface area contributed by atoms with Crippen LogP contribution in [0.25, 0.3) is 0 Å². The third-order valence-corrected chi connectivity index (χ3v) is 5.37. The van der Waals surface area contributed by atoms with Crippen molar-refractivity contribution < 1.29 is 14.7 Å². The molecule has 7 heteroatoms. The van der Waals surface area contributed by atoms with Gasteiger partial charge < -0.3 is 20.6 Å². The minimum Gasteiger partial charge on any atom is -0.481 e. The number of fused-ring (bicyclic) bond motifs is 1. The second-order valence-electron chi connectivity index (χ2n) is 7.52. The summed E-state index contributed by atoms with van der Waals surface area (Å²) in [5, 5.41) is 14.8. The second-order valence-corrected chi connectivity index (χ2v) is 7.52. The smallest absolute Gasteiger partial charge is 0.305 e. The van der Waals surface area contributed by atoms with Crippen molar-refractivity contribution in [2.45, 2.75) is 44.9 Å². The first kappa shape index (κ1) is 19.6. The highest BCUT2D eigenvalue weighted by molar-refractivity contribution is 5.79. The lowest BCUT2D eigenvalue weighted by Crippen LogP contribution is -2.43. The van der Waals surface area contributed by atoms with Gasteiger partial charge in [-0.3, -0.25) is 9.59 Å². The lowest BCUT2D eigenvalue weighted by atomic mass is 9.96. The van der Waals surface area contributed by atoms with Crippen LogP contribution in [0.2, 0.25) is 0 Å². The summed E-state index contributed by atoms with van der Waals surface area (Å²) in [7, 11) is 0. The number of aliphatic carboxylic acids is 1. The summed E-state index contributed by atoms with van der Waals surface area (Å²) in [4.78, 5) is 29.9. The van der Waals surface area contributed by atoms with Gasteiger partial charge in [-0.25, -0.2) is 4.98 Å². The molecule has 0 aromatic carbocycles. The molecule has 2 aliphatic rings. The van der Waals surface area contributed by atoms with Crippen molar-refractivity contribution in [2.24, 2.45) is 5.92 Å². The number of carbonyl (C=O) groups excluding carboxylic acids is 1. The highest BCUT2D eigenvalue weighted by atomic mass is 16.4. The van der Waals surface area contributed by atoms with E-state index in [0.29, 0.717) is 0 Å². The van der Waals surface area contributed by atoms with Crippen molar-refractivity contribution in [1.29, 1.82) is 0 Å². The van der Waals surface area contributed by atoms with Gasteiger partial charge in [0.25, 0.3) is 0 Å². The molecule has 1 fully saturated rings. The van der Waals surface area contributed by atoms with E-state index in [4.69, 9.17) is 10.1 Å². The molecule has 0 bridgehead atoms. The van der Waals surface area contributed by atoms with Gasteiger partial charge in [0.15, 0.2) is 0 Å². The van der Waals surface area contributed by atoms with E-state index in [2.05, 4.69) is 27.7 Å². The zero-order valence-corrected chi connectivity index (χ0v) is 15.9. The van der Waals surface area contributed by atoms with Crippen LogP contribution < -0.4 is 10.6 Å². The fourth-order valence-electron chi connectivity index (χ4n) is 3.90. The molecule has 1 atom stereocenters. The van der Waals surface area contributed by atoms with E-state index in [9.17, 15) is 9.59 Å². The average Bonchev–Trinajstić information content (AvgIpc) is 2.68. The van der Waals surface area contributed by atoms with Gasteiger partial charge in [-0.1, -0.05) is 6.07 Å². The predicted octanol–water partition coefficient (Wildman–Crippen LogP) is 1.68. The van der Waals surface area contributed by atoms with Crippen LogP contribution in [0, 0.1) is 5.92 Å². The Bertz CT molecular complexity index is 665. The molecule has 1 aromatic rings. The third kappa shape index (κ3) is 5.92. The summed E-state index contributed by atoms with van der Waals surface area (Å²) in [6.07, 6.45) is 6.13. The minimum atomic E-state index is -0.883. The number of hydrogen-bond acceptors (Lipinski definition) is 5. The van der Waals surface area contributed by atoms with Gasteiger partial charge in [-0.2, -0.15) is 0 Å². The third-order valence-electron chi connectivity index (χ3n) is 5.37. The highest BCUT2D eigenvalue weighted by Crippen LogP contribution is 2.21. The number of carboxylic acid groups (broad SMARTS) is 1. The maximum Gasteiger partial charge on any atom is 0.305 e. The van der Waals surface area contributed by atoms with Crippen LogP contribution >= 0.6 is 0 Å². The standard InChI is InChI=1S/C20H30N4O3/c25-18(26)9-11-22-20(27)16-5-2-12-24(14-16)13-3-6-17-8-7-15-4-1-10-21-19(15)23-17/h7-8,16H,1-6,9-14H2,(H,21,23)(H,22,27)(H,25,26). The number of aryl methyl sites for hydroxylation is 2. The van der Waals surface area contributed by atoms with E-state index in [0.717, 1.165) is 69.8 Å². The van der Waals surface area contributed by atoms with Crippen LogP contribution in [0.5, 0.6) is 0 Å². The molecule has 2 aliphatic heterocycles. The quantitative estimate of drug-likeness (QED) is 0.641. The van der Waals surface area contributed by atoms with E-state index in [1.807, 2.05) is 0 Å². The number of nitrogens with one attached hydrogen (secondary N) is 2. The van der Waals surface area contributed by atoms with Gasteiger partial charge in [0.1, 0.15) is 5.82 Å². The Labute approximate surface area is 160 Å². The molecule has 3 rings (SSSR count). The number of piperidine rings is 1. The maximum atomic E-state index is 12.2. The van der Waals surface area contributed by atoms with Crippen molar-refractivity contribution in [3.63, 3.8) is 0 Å². The molecular formula is C20H30N4O3. The summed E-state index contributed by atoms with van der Waals surface area (Å²) in [5.41, 5.74) is 2.45. The Hall–Kier alpha value is -2.15. The zero-order valence-electron chi connectivity index (χ0n) is 15.9. The average molecular weight is 374 g/mol. The number of anilines is 1. The number of rotatable bonds is 8. The SMILES string of the molecule is O=C(O)CCNC(=O)C1CCCN(CCCc2ccc3c(n2)NCCC3)C1. The van der Waals surface area contributed by atoms with Gasteiger partial charge in [-0.05, 0) is 63.2 Å². The molecular weight excluding hydrogens is 344 g/mol. The number of carboxylic acids is 1. The molecule has 1 aromatic heterocycles. The minimum absolute atomic E-state index is 0.0108. The largest absolute Gasteiger partial charge is 0.481 e. The zero-order chi connectivity index (χ0) is 19.1. The number of carbonyl (C=O) groups is 2. The van der Waals surface area contributed by atoms with Gasteiger partial charge in [-0.15, -0.1) is 0 Å². The van der Waals surface area contributed by atoms with E-state index in [1.54, 1.807) is 0 Å². The predicted molar refractivity (Wildman–Crippen MR) is 104 cm³/mol. The second kappa shape index (κ2) is 9.69. The molecule has 7 nitrogen and oxygen atoms in total. The Morgan fingerprint density at radius 1 is 1.33 bits per heavy atom. The topological polar surface area (TPSA) is 94.6 Å². The summed E-state index contributed by atoms with van der Waals surface area (Å²) < 4.78 is 0. The molecule has 3 heterocycles. The molecule has 0 aliphatic carbocycles. The monoisotopic (exact) mass is 374 g/mol. The molecule has 27 heavy (non-hydrogen) atoms. The van der Waals surface area contributed by atoms with E-state index < -0.39 is 5.97 Å². The summed E-state index contributed by atoms with van der Waals surface area (Å²) >= 11 is 0. The van der Waals surface area contributed by atoms with Gasteiger partial charge in [0.2, 0.25) is 5.91 Å². The number of nitrogens with zero attached hydrogens (tertiary/aromatic N) is 2. The first-order valence-electron chi connectivity index (χ1n) is 10.1. The number of amides is 1. The molecule has 1 saturated heterocycles. The fraction of sp³-hybridized carbons (Fsp3) is 0.650. The number of likely N-dealkylation sites (tertiary alicyclic amines) is 1. The maximum absolute atomic E-state index is 12.2. The Balaban J connectivity index is 1.40. The lowest BCUT2D eigenvalue weighted by molar-refractivity contribution is -0.137. The van der Waals surface area contributed by atoms with Crippen molar-refractivity contribution in [3.8, 4) is 0 Å². The first-order chi connectivity index (χ1) is 13.1. The summed E-state index contributed by atoms with van der Waals surface area (Å²) in [6, 6.07) is 4.34. The summed E-state index contributed by atoms with van der Waals surface area (Å²) in [5.74, 6) is 0.128. The van der Waals surface area contributed by atoms with Crippen molar-refractivity contribution in [1.82, 2.24) is 15.2 Å². The molecule has 0 saturated carbocycles. The molecule has 0 radical (unpaired) electrons. The van der Waals surface area contributed by atoms with Gasteiger partial charge in [0.05, 0.1) is 12.3 Å². The summed E-state index contributed by atoms with van der Waals surface area (Å²) in [6.45, 7) is 3.97. The van der Waals surface area contributed by atoms with Crippen LogP contribution in [0.15, 0.2) is 12.1 Å². The Morgan fingerprint density at radius 3 is 3.07 bits per heavy atom. The van der Waals surface area contributed by atoms with Crippen molar-refractivity contribution in [3.05, 3.63) is 23.4 Å². The van der Waals surface area contributed by atoms with Crippen LogP contribution in [-0.4, -0.2) is 59.6 Å². The van der Waals surface area contributed by atoms with Crippen LogP contribution in [0.3, 0.4) is 0 Å². The molecule has 0 spiro atoms. The van der Waals surface area contributed by atoms with E-state index in [1.165, 1.54) is 12.0 Å². The van der Waals surface area contributed by atoms with E-state index in [-0.39, 0.29) is 24.8 Å². The van der Waals surface area contributed by atoms with Crippen LogP contribution in [0.1, 0.15) is 43.4 Å². The van der Waals surface area contributed by atoms with E-state index >= 15 is 0 Å². The van der Waals surface area contributed by atoms with Crippen molar-refractivity contribution >= 4 is 17.7 Å². The molecule has 148 valence electrons. The molecule has 3 N–H and O–H groups in total. The van der Waals surface area contributed by atoms with Crippen LogP contribution in [-0.2, 0) is 22.4 Å². The molecule has 1 unspecified atom stereocenters. The van der Waals surface area contributed by atoms with Gasteiger partial charge >= 0.3 is 5.97 Å². The Morgan fingerprint density at radius 2 is 2.22 bits per heavy atom. The number of hydrogen-bond donors (Lipinski definition) is 3. The number of aromatic nitrogens is 1.